The summed E-state index contributed by atoms with van der Waals surface area (Å²) < 4.78 is 27.8. The normalized spacial score (nSPS) is 12.6. The Hall–Kier alpha value is -3.13. The van der Waals surface area contributed by atoms with Crippen LogP contribution >= 0.6 is 0 Å². The van der Waals surface area contributed by atoms with E-state index in [0.29, 0.717) is 22.2 Å². The lowest BCUT2D eigenvalue weighted by Gasteiger charge is -2.09. The molecule has 3 heterocycles. The first kappa shape index (κ1) is 17.3. The Labute approximate surface area is 154 Å². The van der Waals surface area contributed by atoms with Gasteiger partial charge in [0.05, 0.1) is 12.3 Å². The van der Waals surface area contributed by atoms with Crippen LogP contribution in [0.25, 0.3) is 16.4 Å². The molecule has 1 unspecified atom stereocenters. The highest BCUT2D eigenvalue weighted by atomic mass is 19.1. The van der Waals surface area contributed by atoms with Crippen LogP contribution in [0.4, 0.5) is 4.39 Å². The Balaban J connectivity index is 1.75. The largest absolute Gasteiger partial charge is 0.489 e. The fraction of sp³-hybridized carbons (Fsp3) is 0.263. The highest BCUT2D eigenvalue weighted by molar-refractivity contribution is 5.83. The van der Waals surface area contributed by atoms with Gasteiger partial charge >= 0.3 is 0 Å². The molecule has 2 N–H and O–H groups in total. The molecule has 0 aliphatic rings. The summed E-state index contributed by atoms with van der Waals surface area (Å²) in [6.07, 6.45) is 2.41. The molecule has 0 spiro atoms. The predicted molar refractivity (Wildman–Crippen MR) is 98.0 cm³/mol. The van der Waals surface area contributed by atoms with Gasteiger partial charge in [-0.2, -0.15) is 10.1 Å². The Bertz CT molecular complexity index is 1130. The summed E-state index contributed by atoms with van der Waals surface area (Å²) in [5.74, 6) is 0.399. The monoisotopic (exact) mass is 372 g/mol. The van der Waals surface area contributed by atoms with Crippen LogP contribution in [0.1, 0.15) is 18.2 Å². The molecule has 3 aromatic heterocycles. The minimum Gasteiger partial charge on any atom is -0.489 e. The number of benzene rings is 1. The first-order valence-electron chi connectivity index (χ1n) is 8.53. The third kappa shape index (κ3) is 3.08. The number of hydrogen-bond donors (Lipinski definition) is 2. The van der Waals surface area contributed by atoms with Gasteiger partial charge in [0.15, 0.2) is 11.6 Å². The number of nitrogens with zero attached hydrogens (tertiary/aromatic N) is 3. The van der Waals surface area contributed by atoms with E-state index < -0.39 is 11.9 Å². The van der Waals surface area contributed by atoms with E-state index in [0.717, 1.165) is 11.3 Å². The summed E-state index contributed by atoms with van der Waals surface area (Å²) in [5, 5.41) is 14.0. The summed E-state index contributed by atoms with van der Waals surface area (Å²) in [6.45, 7) is 5.49. The van der Waals surface area contributed by atoms with E-state index in [-0.39, 0.29) is 18.2 Å². The summed E-state index contributed by atoms with van der Waals surface area (Å²) >= 11 is 0. The number of hydrogen-bond acceptors (Lipinski definition) is 5. The first-order valence-corrected chi connectivity index (χ1v) is 8.53. The zero-order valence-electron chi connectivity index (χ0n) is 15.2. The highest BCUT2D eigenvalue weighted by Crippen LogP contribution is 2.34. The number of aryl methyl sites for hydroxylation is 2. The van der Waals surface area contributed by atoms with Gasteiger partial charge < -0.3 is 19.6 Å². The van der Waals surface area contributed by atoms with Gasteiger partial charge in [-0.1, -0.05) is 0 Å². The van der Waals surface area contributed by atoms with E-state index in [1.54, 1.807) is 35.8 Å². The van der Waals surface area contributed by atoms with Crippen LogP contribution in [0.3, 0.4) is 0 Å². The van der Waals surface area contributed by atoms with Crippen molar-refractivity contribution in [1.82, 2.24) is 19.6 Å². The van der Waals surface area contributed by atoms with Gasteiger partial charge in [-0.15, -0.1) is 0 Å². The zero-order valence-corrected chi connectivity index (χ0v) is 15.2. The van der Waals surface area contributed by atoms with Gasteiger partial charge in [-0.25, -0.2) is 8.91 Å². The number of aromatic amines is 1. The van der Waals surface area contributed by atoms with Crippen LogP contribution in [-0.2, 0) is 0 Å². The molecule has 0 amide bonds. The number of aliphatic hydroxyl groups is 1. The van der Waals surface area contributed by atoms with E-state index in [2.05, 4.69) is 15.1 Å². The SMILES string of the molecule is Cc1cc2c(F)c(Oc3n[14cH]nn4cc(OCC(C)O)c(C)c34)ccc2[nH]1. The molecule has 0 saturated carbocycles. The molecule has 0 radical (unpaired) electrons. The van der Waals surface area contributed by atoms with E-state index >= 15 is 0 Å². The summed E-state index contributed by atoms with van der Waals surface area (Å²) in [5.41, 5.74) is 2.89. The molecule has 140 valence electrons. The molecule has 4 rings (SSSR count). The second-order valence-corrected chi connectivity index (χ2v) is 6.53. The fourth-order valence-corrected chi connectivity index (χ4v) is 3.01. The molecular formula is C19H19FN4O3. The quantitative estimate of drug-likeness (QED) is 0.560. The second kappa shape index (κ2) is 6.55. The van der Waals surface area contributed by atoms with Gasteiger partial charge in [0, 0.05) is 22.2 Å². The lowest BCUT2D eigenvalue weighted by atomic mass is 10.2. The van der Waals surface area contributed by atoms with E-state index in [4.69, 9.17) is 9.47 Å². The topological polar surface area (TPSA) is 84.7 Å². The Kier molecular flexibility index (Phi) is 4.19. The summed E-state index contributed by atoms with van der Waals surface area (Å²) in [7, 11) is 0. The number of nitrogens with one attached hydrogen (secondary N) is 1. The zero-order chi connectivity index (χ0) is 19.1. The number of rotatable bonds is 5. The average molecular weight is 372 g/mol. The van der Waals surface area contributed by atoms with Crippen molar-refractivity contribution < 1.29 is 19.0 Å². The predicted octanol–water partition coefficient (Wildman–Crippen LogP) is 3.52. The third-order valence-electron chi connectivity index (χ3n) is 4.27. The molecule has 27 heavy (non-hydrogen) atoms. The second-order valence-electron chi connectivity index (χ2n) is 6.53. The molecule has 0 aliphatic heterocycles. The van der Waals surface area contributed by atoms with Gasteiger partial charge in [0.1, 0.15) is 24.2 Å². The van der Waals surface area contributed by atoms with Crippen molar-refractivity contribution in [2.45, 2.75) is 26.9 Å². The molecule has 0 fully saturated rings. The third-order valence-corrected chi connectivity index (χ3v) is 4.27. The van der Waals surface area contributed by atoms with Crippen LogP contribution < -0.4 is 9.47 Å². The van der Waals surface area contributed by atoms with Gasteiger partial charge in [0.25, 0.3) is 0 Å². The minimum absolute atomic E-state index is 0.0779. The Morgan fingerprint density at radius 3 is 2.93 bits per heavy atom. The van der Waals surface area contributed by atoms with Crippen LogP contribution in [0, 0.1) is 19.7 Å². The van der Waals surface area contributed by atoms with E-state index in [1.165, 1.54) is 6.33 Å². The Morgan fingerprint density at radius 1 is 1.33 bits per heavy atom. The molecule has 0 saturated heterocycles. The highest BCUT2D eigenvalue weighted by Gasteiger charge is 2.18. The first-order chi connectivity index (χ1) is 12.9. The fourth-order valence-electron chi connectivity index (χ4n) is 3.01. The smallest absolute Gasteiger partial charge is 0.247 e. The van der Waals surface area contributed by atoms with Crippen LogP contribution in [0.5, 0.6) is 17.4 Å². The molecule has 4 aromatic rings. The minimum atomic E-state index is -0.597. The lowest BCUT2D eigenvalue weighted by Crippen LogP contribution is -2.12. The van der Waals surface area contributed by atoms with Gasteiger partial charge in [0.2, 0.25) is 5.88 Å². The Morgan fingerprint density at radius 2 is 2.15 bits per heavy atom. The molecular weight excluding hydrogens is 353 g/mol. The lowest BCUT2D eigenvalue weighted by molar-refractivity contribution is 0.122. The van der Waals surface area contributed by atoms with E-state index in [9.17, 15) is 9.50 Å². The maximum Gasteiger partial charge on any atom is 0.247 e. The van der Waals surface area contributed by atoms with Crippen LogP contribution in [-0.4, -0.2) is 37.4 Å². The number of aromatic nitrogens is 4. The average Bonchev–Trinajstić information content (AvgIpc) is 3.16. The van der Waals surface area contributed by atoms with Crippen molar-refractivity contribution in [3.63, 3.8) is 0 Å². The van der Waals surface area contributed by atoms with Crippen molar-refractivity contribution in [3.05, 3.63) is 47.8 Å². The van der Waals surface area contributed by atoms with Crippen LogP contribution in [0.15, 0.2) is 30.7 Å². The molecule has 1 aromatic carbocycles. The van der Waals surface area contributed by atoms with Crippen molar-refractivity contribution in [2.75, 3.05) is 6.61 Å². The number of fused-ring (bicyclic) bond motifs is 2. The van der Waals surface area contributed by atoms with Crippen molar-refractivity contribution in [3.8, 4) is 17.4 Å². The standard InChI is InChI=1S/C19H19FN4O3/c1-10-6-13-14(23-10)4-5-15(17(13)20)27-19-18-12(3)16(26-8-11(2)25)7-24(18)22-9-21-19/h4-7,9,11,23,25H,8H2,1-3H3/i9+2. The summed E-state index contributed by atoms with van der Waals surface area (Å²) in [6, 6.07) is 5.06. The van der Waals surface area contributed by atoms with Gasteiger partial charge in [-0.05, 0) is 39.0 Å². The van der Waals surface area contributed by atoms with E-state index in [1.807, 2.05) is 13.8 Å². The number of H-pyrrole nitrogens is 1. The summed E-state index contributed by atoms with van der Waals surface area (Å²) in [4.78, 5) is 7.26. The molecule has 7 nitrogen and oxygen atoms in total. The number of ether oxygens (including phenoxy) is 2. The number of halogens is 1. The molecule has 0 aliphatic carbocycles. The van der Waals surface area contributed by atoms with Crippen molar-refractivity contribution >= 4 is 16.4 Å². The maximum absolute atomic E-state index is 14.8. The van der Waals surface area contributed by atoms with Crippen molar-refractivity contribution in [2.24, 2.45) is 0 Å². The molecule has 1 atom stereocenters. The van der Waals surface area contributed by atoms with Crippen molar-refractivity contribution in [1.29, 1.82) is 0 Å². The molecule has 0 bridgehead atoms. The molecule has 8 heteroatoms. The van der Waals surface area contributed by atoms with Gasteiger partial charge in [-0.3, -0.25) is 0 Å². The number of aliphatic hydroxyl groups excluding tert-OH is 1. The maximum atomic E-state index is 14.8. The van der Waals surface area contributed by atoms with Crippen LogP contribution in [0.2, 0.25) is 0 Å².